The Kier molecular flexibility index (Phi) is 9.48. The van der Waals surface area contributed by atoms with Gasteiger partial charge in [-0.1, -0.05) is 25.3 Å². The molecule has 8 heteroatoms. The zero-order valence-electron chi connectivity index (χ0n) is 17.5. The van der Waals surface area contributed by atoms with Gasteiger partial charge in [-0.25, -0.2) is 19.2 Å². The summed E-state index contributed by atoms with van der Waals surface area (Å²) in [5.74, 6) is -2.85. The van der Waals surface area contributed by atoms with Crippen molar-refractivity contribution in [3.8, 4) is 0 Å². The fourth-order valence-corrected chi connectivity index (χ4v) is 2.15. The van der Waals surface area contributed by atoms with Crippen LogP contribution < -0.4 is 0 Å². The molecule has 0 saturated heterocycles. The summed E-state index contributed by atoms with van der Waals surface area (Å²) < 4.78 is 20.7. The first-order chi connectivity index (χ1) is 14.1. The Morgan fingerprint density at radius 3 is 1.27 bits per heavy atom. The predicted molar refractivity (Wildman–Crippen MR) is 108 cm³/mol. The smallest absolute Gasteiger partial charge is 0.339 e. The molecule has 162 valence electrons. The number of hydrogen-bond donors (Lipinski definition) is 0. The molecule has 0 fully saturated rings. The van der Waals surface area contributed by atoms with E-state index >= 15 is 0 Å². The van der Waals surface area contributed by atoms with E-state index in [1.165, 1.54) is 12.1 Å². The summed E-state index contributed by atoms with van der Waals surface area (Å²) in [6.07, 6.45) is -0.987. The Balaban J connectivity index is 2.87. The van der Waals surface area contributed by atoms with Crippen molar-refractivity contribution in [2.24, 2.45) is 0 Å². The van der Waals surface area contributed by atoms with Crippen LogP contribution in [0.5, 0.6) is 0 Å². The van der Waals surface area contributed by atoms with Crippen LogP contribution in [-0.2, 0) is 28.5 Å². The maximum Gasteiger partial charge on any atom is 0.339 e. The summed E-state index contributed by atoms with van der Waals surface area (Å²) in [7, 11) is 0. The number of ether oxygens (including phenoxy) is 4. The van der Waals surface area contributed by atoms with Gasteiger partial charge in [0.25, 0.3) is 0 Å². The molecule has 0 heterocycles. The molecule has 0 radical (unpaired) electrons. The van der Waals surface area contributed by atoms with Crippen LogP contribution in [0.15, 0.2) is 49.6 Å². The number of hydrogen-bond acceptors (Lipinski definition) is 8. The molecule has 0 saturated carbocycles. The molecule has 4 unspecified atom stereocenters. The standard InChI is InChI=1S/C22H26O8/c1-7-19(23)27-13(3)15(5)29-21(25)17-11-9-10-12-18(17)22(26)30-16(6)14(4)28-20(24)8-2/h7-16H,1-2H2,3-6H3. The van der Waals surface area contributed by atoms with E-state index in [2.05, 4.69) is 13.2 Å². The summed E-state index contributed by atoms with van der Waals surface area (Å²) in [5, 5.41) is 0. The van der Waals surface area contributed by atoms with Gasteiger partial charge in [0.1, 0.15) is 24.4 Å². The van der Waals surface area contributed by atoms with Crippen molar-refractivity contribution in [2.75, 3.05) is 0 Å². The molecule has 1 aromatic rings. The number of carbonyl (C=O) groups excluding carboxylic acids is 4. The van der Waals surface area contributed by atoms with Gasteiger partial charge >= 0.3 is 23.9 Å². The van der Waals surface area contributed by atoms with Gasteiger partial charge in [0.05, 0.1) is 11.1 Å². The lowest BCUT2D eigenvalue weighted by molar-refractivity contribution is -0.148. The van der Waals surface area contributed by atoms with E-state index in [1.807, 2.05) is 0 Å². The summed E-state index contributed by atoms with van der Waals surface area (Å²) in [6.45, 7) is 12.8. The number of carbonyl (C=O) groups is 4. The summed E-state index contributed by atoms with van der Waals surface area (Å²) in [4.78, 5) is 47.7. The molecule has 0 aliphatic heterocycles. The van der Waals surface area contributed by atoms with Gasteiger partial charge in [-0.05, 0) is 39.8 Å². The average molecular weight is 418 g/mol. The van der Waals surface area contributed by atoms with E-state index < -0.39 is 48.3 Å². The Morgan fingerprint density at radius 1 is 0.667 bits per heavy atom. The van der Waals surface area contributed by atoms with Crippen LogP contribution in [0.4, 0.5) is 0 Å². The minimum absolute atomic E-state index is 0.0143. The molecule has 0 spiro atoms. The van der Waals surface area contributed by atoms with Crippen LogP contribution in [0.3, 0.4) is 0 Å². The first-order valence-corrected chi connectivity index (χ1v) is 9.27. The maximum atomic E-state index is 12.6. The molecule has 0 aromatic heterocycles. The average Bonchev–Trinajstić information content (AvgIpc) is 2.72. The molecule has 8 nitrogen and oxygen atoms in total. The third-order valence-corrected chi connectivity index (χ3v) is 4.21. The second kappa shape index (κ2) is 11.5. The third kappa shape index (κ3) is 7.20. The second-order valence-corrected chi connectivity index (χ2v) is 6.46. The SMILES string of the molecule is C=CC(=O)OC(C)C(C)OC(=O)c1ccccc1C(=O)OC(C)C(C)OC(=O)C=C. The lowest BCUT2D eigenvalue weighted by Gasteiger charge is -2.22. The minimum atomic E-state index is -0.782. The van der Waals surface area contributed by atoms with Crippen molar-refractivity contribution >= 4 is 23.9 Å². The minimum Gasteiger partial charge on any atom is -0.456 e. The van der Waals surface area contributed by atoms with Gasteiger partial charge in [0.15, 0.2) is 0 Å². The van der Waals surface area contributed by atoms with Gasteiger partial charge < -0.3 is 18.9 Å². The van der Waals surface area contributed by atoms with Crippen molar-refractivity contribution in [1.82, 2.24) is 0 Å². The molecule has 0 aliphatic rings. The number of benzene rings is 1. The molecular weight excluding hydrogens is 392 g/mol. The second-order valence-electron chi connectivity index (χ2n) is 6.46. The quantitative estimate of drug-likeness (QED) is 0.324. The third-order valence-electron chi connectivity index (χ3n) is 4.21. The van der Waals surface area contributed by atoms with Crippen LogP contribution in [0.2, 0.25) is 0 Å². The molecule has 0 bridgehead atoms. The van der Waals surface area contributed by atoms with E-state index in [0.29, 0.717) is 0 Å². The van der Waals surface area contributed by atoms with Gasteiger partial charge in [0.2, 0.25) is 0 Å². The monoisotopic (exact) mass is 418 g/mol. The van der Waals surface area contributed by atoms with E-state index in [9.17, 15) is 19.2 Å². The lowest BCUT2D eigenvalue weighted by atomic mass is 10.1. The van der Waals surface area contributed by atoms with Crippen LogP contribution in [0, 0.1) is 0 Å². The molecular formula is C22H26O8. The van der Waals surface area contributed by atoms with E-state index in [1.54, 1.807) is 39.8 Å². The van der Waals surface area contributed by atoms with Crippen molar-refractivity contribution in [2.45, 2.75) is 52.1 Å². The van der Waals surface area contributed by atoms with E-state index in [-0.39, 0.29) is 11.1 Å². The van der Waals surface area contributed by atoms with E-state index in [4.69, 9.17) is 18.9 Å². The lowest BCUT2D eigenvalue weighted by Crippen LogP contribution is -2.32. The normalized spacial score (nSPS) is 14.3. The maximum absolute atomic E-state index is 12.6. The fourth-order valence-electron chi connectivity index (χ4n) is 2.15. The Labute approximate surface area is 175 Å². The Bertz CT molecular complexity index is 746. The molecule has 1 rings (SSSR count). The zero-order chi connectivity index (χ0) is 22.8. The van der Waals surface area contributed by atoms with Crippen LogP contribution in [-0.4, -0.2) is 48.3 Å². The molecule has 30 heavy (non-hydrogen) atoms. The zero-order valence-corrected chi connectivity index (χ0v) is 17.5. The highest BCUT2D eigenvalue weighted by molar-refractivity contribution is 6.03. The topological polar surface area (TPSA) is 105 Å². The highest BCUT2D eigenvalue weighted by Gasteiger charge is 2.26. The summed E-state index contributed by atoms with van der Waals surface area (Å²) in [6, 6.07) is 5.96. The number of rotatable bonds is 10. The fraction of sp³-hybridized carbons (Fsp3) is 0.364. The first-order valence-electron chi connectivity index (χ1n) is 9.27. The van der Waals surface area contributed by atoms with Gasteiger partial charge in [-0.15, -0.1) is 0 Å². The largest absolute Gasteiger partial charge is 0.456 e. The molecule has 4 atom stereocenters. The molecule has 0 aliphatic carbocycles. The highest BCUT2D eigenvalue weighted by atomic mass is 16.6. The Hall–Kier alpha value is -3.42. The Morgan fingerprint density at radius 2 is 0.967 bits per heavy atom. The van der Waals surface area contributed by atoms with Crippen LogP contribution in [0.25, 0.3) is 0 Å². The first kappa shape index (κ1) is 24.6. The molecule has 0 N–H and O–H groups in total. The summed E-state index contributed by atoms with van der Waals surface area (Å²) in [5.41, 5.74) is -0.0286. The van der Waals surface area contributed by atoms with Crippen molar-refractivity contribution in [1.29, 1.82) is 0 Å². The number of esters is 4. The summed E-state index contributed by atoms with van der Waals surface area (Å²) >= 11 is 0. The van der Waals surface area contributed by atoms with Gasteiger partial charge in [-0.2, -0.15) is 0 Å². The predicted octanol–water partition coefficient (Wildman–Crippen LogP) is 3.01. The highest BCUT2D eigenvalue weighted by Crippen LogP contribution is 2.16. The van der Waals surface area contributed by atoms with Crippen LogP contribution >= 0.6 is 0 Å². The van der Waals surface area contributed by atoms with Crippen molar-refractivity contribution in [3.63, 3.8) is 0 Å². The van der Waals surface area contributed by atoms with Gasteiger partial charge in [0, 0.05) is 12.2 Å². The van der Waals surface area contributed by atoms with Crippen molar-refractivity contribution < 1.29 is 38.1 Å². The van der Waals surface area contributed by atoms with E-state index in [0.717, 1.165) is 12.2 Å². The molecule has 1 aromatic carbocycles. The van der Waals surface area contributed by atoms with Crippen LogP contribution in [0.1, 0.15) is 48.4 Å². The van der Waals surface area contributed by atoms with Gasteiger partial charge in [-0.3, -0.25) is 0 Å². The van der Waals surface area contributed by atoms with Crippen molar-refractivity contribution in [3.05, 3.63) is 60.7 Å². The molecule has 0 amide bonds.